The van der Waals surface area contributed by atoms with Gasteiger partial charge in [0.2, 0.25) is 5.91 Å². The van der Waals surface area contributed by atoms with Crippen molar-refractivity contribution in [1.29, 1.82) is 0 Å². The molecule has 4 N–H and O–H groups in total. The number of hydrogen-bond donors (Lipinski definition) is 3. The van der Waals surface area contributed by atoms with Crippen LogP contribution in [0.4, 0.5) is 16.2 Å². The van der Waals surface area contributed by atoms with E-state index >= 15 is 0 Å². The Labute approximate surface area is 194 Å². The summed E-state index contributed by atoms with van der Waals surface area (Å²) in [6, 6.07) is 12.6. The van der Waals surface area contributed by atoms with Crippen molar-refractivity contribution in [2.24, 2.45) is 5.92 Å². The lowest BCUT2D eigenvalue weighted by molar-refractivity contribution is -0.121. The van der Waals surface area contributed by atoms with Gasteiger partial charge in [0.05, 0.1) is 0 Å². The van der Waals surface area contributed by atoms with Gasteiger partial charge in [0.25, 0.3) is 5.91 Å². The second-order valence-electron chi connectivity index (χ2n) is 9.19. The molecule has 1 saturated heterocycles. The number of benzene rings is 2. The molecule has 1 aliphatic rings. The third-order valence-corrected chi connectivity index (χ3v) is 5.50. The van der Waals surface area contributed by atoms with Crippen LogP contribution in [0.5, 0.6) is 0 Å². The summed E-state index contributed by atoms with van der Waals surface area (Å²) in [4.78, 5) is 38.5. The maximum Gasteiger partial charge on any atom is 0.410 e. The van der Waals surface area contributed by atoms with Crippen molar-refractivity contribution in [1.82, 2.24) is 10.2 Å². The number of carbonyl (C=O) groups excluding carboxylic acids is 3. The molecule has 2 aromatic carbocycles. The van der Waals surface area contributed by atoms with Gasteiger partial charge < -0.3 is 26.0 Å². The van der Waals surface area contributed by atoms with Gasteiger partial charge in [0.1, 0.15) is 5.60 Å². The second-order valence-corrected chi connectivity index (χ2v) is 9.19. The first-order valence-electron chi connectivity index (χ1n) is 11.1. The maximum absolute atomic E-state index is 12.8. The number of rotatable bonds is 4. The summed E-state index contributed by atoms with van der Waals surface area (Å²) in [6.07, 6.45) is 0.825. The van der Waals surface area contributed by atoms with Crippen LogP contribution in [0, 0.1) is 5.92 Å². The monoisotopic (exact) mass is 452 g/mol. The molecule has 33 heavy (non-hydrogen) atoms. The number of carbonyl (C=O) groups is 3. The van der Waals surface area contributed by atoms with E-state index in [1.807, 2.05) is 45.0 Å². The molecule has 176 valence electrons. The Kier molecular flexibility index (Phi) is 7.26. The fourth-order valence-corrected chi connectivity index (χ4v) is 3.77. The summed E-state index contributed by atoms with van der Waals surface area (Å²) >= 11 is 0. The summed E-state index contributed by atoms with van der Waals surface area (Å²) in [5, 5.41) is 5.56. The maximum atomic E-state index is 12.8. The molecule has 0 spiro atoms. The smallest absolute Gasteiger partial charge is 0.410 e. The van der Waals surface area contributed by atoms with Crippen LogP contribution >= 0.6 is 0 Å². The van der Waals surface area contributed by atoms with Crippen LogP contribution in [-0.2, 0) is 9.53 Å². The van der Waals surface area contributed by atoms with E-state index in [1.165, 1.54) is 0 Å². The average Bonchev–Trinajstić information content (AvgIpc) is 2.77. The van der Waals surface area contributed by atoms with Crippen LogP contribution in [0.3, 0.4) is 0 Å². The molecular formula is C25H32N4O4. The minimum atomic E-state index is -0.539. The number of ether oxygens (including phenoxy) is 1. The fourth-order valence-electron chi connectivity index (χ4n) is 3.77. The van der Waals surface area contributed by atoms with Crippen LogP contribution < -0.4 is 16.4 Å². The Balaban J connectivity index is 1.63. The molecule has 1 fully saturated rings. The molecule has 3 amide bonds. The summed E-state index contributed by atoms with van der Waals surface area (Å²) in [6.45, 7) is 6.48. The standard InChI is InChI=1S/C25H32N4O4/c1-25(2,3)33-24(32)29-12-10-16(11-13-29)23(31)28-19-7-5-6-17(14-19)20-9-8-18(15-21(20)26)22(30)27-4/h5-9,14-16H,10-13,26H2,1-4H3,(H,27,30)(H,28,31). The van der Waals surface area contributed by atoms with Crippen LogP contribution in [-0.4, -0.2) is 48.5 Å². The van der Waals surface area contributed by atoms with Crippen molar-refractivity contribution in [2.75, 3.05) is 31.2 Å². The SMILES string of the molecule is CNC(=O)c1ccc(-c2cccc(NC(=O)C3CCN(C(=O)OC(C)(C)C)CC3)c2)c(N)c1. The third-order valence-electron chi connectivity index (χ3n) is 5.50. The topological polar surface area (TPSA) is 114 Å². The van der Waals surface area contributed by atoms with Crippen molar-refractivity contribution >= 4 is 29.3 Å². The van der Waals surface area contributed by atoms with Gasteiger partial charge in [-0.3, -0.25) is 9.59 Å². The number of nitrogens with two attached hydrogens (primary N) is 1. The predicted octanol–water partition coefficient (Wildman–Crippen LogP) is 3.88. The highest BCUT2D eigenvalue weighted by atomic mass is 16.6. The van der Waals surface area contributed by atoms with Gasteiger partial charge >= 0.3 is 6.09 Å². The second kappa shape index (κ2) is 9.94. The van der Waals surface area contributed by atoms with Crippen LogP contribution in [0.1, 0.15) is 44.0 Å². The number of anilines is 2. The molecule has 3 rings (SSSR count). The summed E-state index contributed by atoms with van der Waals surface area (Å²) in [7, 11) is 1.57. The van der Waals surface area contributed by atoms with Gasteiger partial charge in [-0.15, -0.1) is 0 Å². The predicted molar refractivity (Wildman–Crippen MR) is 129 cm³/mol. The molecule has 0 aliphatic carbocycles. The van der Waals surface area contributed by atoms with E-state index in [4.69, 9.17) is 10.5 Å². The average molecular weight is 453 g/mol. The van der Waals surface area contributed by atoms with Crippen LogP contribution in [0.25, 0.3) is 11.1 Å². The summed E-state index contributed by atoms with van der Waals surface area (Å²) in [5.41, 5.74) is 8.90. The molecular weight excluding hydrogens is 420 g/mol. The normalized spacial score (nSPS) is 14.5. The van der Waals surface area contributed by atoms with Gasteiger partial charge in [0, 0.05) is 48.6 Å². The number of nitrogens with one attached hydrogen (secondary N) is 2. The highest BCUT2D eigenvalue weighted by Gasteiger charge is 2.30. The Morgan fingerprint density at radius 3 is 2.36 bits per heavy atom. The molecule has 0 aromatic heterocycles. The van der Waals surface area contributed by atoms with Crippen molar-refractivity contribution in [3.63, 3.8) is 0 Å². The molecule has 1 aliphatic heterocycles. The zero-order chi connectivity index (χ0) is 24.2. The van der Waals surface area contributed by atoms with Crippen molar-refractivity contribution in [2.45, 2.75) is 39.2 Å². The highest BCUT2D eigenvalue weighted by molar-refractivity contribution is 5.97. The number of piperidine rings is 1. The quantitative estimate of drug-likeness (QED) is 0.609. The van der Waals surface area contributed by atoms with E-state index in [1.54, 1.807) is 30.1 Å². The molecule has 0 unspecified atom stereocenters. The largest absolute Gasteiger partial charge is 0.444 e. The van der Waals surface area contributed by atoms with Crippen molar-refractivity contribution in [3.8, 4) is 11.1 Å². The van der Waals surface area contributed by atoms with Crippen LogP contribution in [0.2, 0.25) is 0 Å². The Morgan fingerprint density at radius 1 is 1.06 bits per heavy atom. The van der Waals surface area contributed by atoms with E-state index in [9.17, 15) is 14.4 Å². The van der Waals surface area contributed by atoms with Crippen molar-refractivity contribution < 1.29 is 19.1 Å². The first-order chi connectivity index (χ1) is 15.6. The van der Waals surface area contributed by atoms with Gasteiger partial charge in [-0.25, -0.2) is 4.79 Å². The first-order valence-corrected chi connectivity index (χ1v) is 11.1. The summed E-state index contributed by atoms with van der Waals surface area (Å²) in [5.74, 6) is -0.449. The third kappa shape index (κ3) is 6.25. The molecule has 0 atom stereocenters. The minimum Gasteiger partial charge on any atom is -0.444 e. The molecule has 1 heterocycles. The first kappa shape index (κ1) is 24.1. The molecule has 2 aromatic rings. The van der Waals surface area contributed by atoms with Crippen molar-refractivity contribution in [3.05, 3.63) is 48.0 Å². The van der Waals surface area contributed by atoms with Crippen LogP contribution in [0.15, 0.2) is 42.5 Å². The zero-order valence-electron chi connectivity index (χ0n) is 19.6. The Morgan fingerprint density at radius 2 is 1.76 bits per heavy atom. The zero-order valence-corrected chi connectivity index (χ0v) is 19.6. The van der Waals surface area contributed by atoms with Gasteiger partial charge in [0.15, 0.2) is 0 Å². The fraction of sp³-hybridized carbons (Fsp3) is 0.400. The lowest BCUT2D eigenvalue weighted by Gasteiger charge is -2.32. The minimum absolute atomic E-state index is 0.0704. The van der Waals surface area contributed by atoms with E-state index in [2.05, 4.69) is 10.6 Å². The lowest BCUT2D eigenvalue weighted by Crippen LogP contribution is -2.43. The molecule has 8 heteroatoms. The number of hydrogen-bond acceptors (Lipinski definition) is 5. The van der Waals surface area contributed by atoms with E-state index in [0.717, 1.165) is 11.1 Å². The van der Waals surface area contributed by atoms with E-state index < -0.39 is 5.60 Å². The Hall–Kier alpha value is -3.55. The highest BCUT2D eigenvalue weighted by Crippen LogP contribution is 2.29. The van der Waals surface area contributed by atoms with Gasteiger partial charge in [-0.05, 0) is 63.4 Å². The van der Waals surface area contributed by atoms with E-state index in [-0.39, 0.29) is 23.8 Å². The summed E-state index contributed by atoms with van der Waals surface area (Å²) < 4.78 is 5.41. The van der Waals surface area contributed by atoms with E-state index in [0.29, 0.717) is 42.9 Å². The number of nitrogens with zero attached hydrogens (tertiary/aromatic N) is 1. The van der Waals surface area contributed by atoms with Gasteiger partial charge in [-0.2, -0.15) is 0 Å². The number of likely N-dealkylation sites (tertiary alicyclic amines) is 1. The molecule has 0 bridgehead atoms. The Bertz CT molecular complexity index is 1040. The lowest BCUT2D eigenvalue weighted by atomic mass is 9.96. The number of nitrogen functional groups attached to an aromatic ring is 1. The van der Waals surface area contributed by atoms with Gasteiger partial charge in [-0.1, -0.05) is 18.2 Å². The molecule has 0 radical (unpaired) electrons. The number of amides is 3. The molecule has 8 nitrogen and oxygen atoms in total. The molecule has 0 saturated carbocycles.